The zero-order valence-corrected chi connectivity index (χ0v) is 19.0. The third-order valence-corrected chi connectivity index (χ3v) is 6.69. The maximum Gasteiger partial charge on any atom is 0.408 e. The lowest BCUT2D eigenvalue weighted by Gasteiger charge is -2.44. The Morgan fingerprint density at radius 2 is 2.04 bits per heavy atom. The van der Waals surface area contributed by atoms with E-state index in [-0.39, 0.29) is 18.2 Å². The molecular formula is C21H34BrNO4. The third-order valence-electron chi connectivity index (χ3n) is 5.87. The molecule has 1 spiro atoms. The van der Waals surface area contributed by atoms with E-state index >= 15 is 0 Å². The summed E-state index contributed by atoms with van der Waals surface area (Å²) in [5, 5.41) is 2.99. The van der Waals surface area contributed by atoms with Crippen molar-refractivity contribution in [2.45, 2.75) is 96.9 Å². The summed E-state index contributed by atoms with van der Waals surface area (Å²) in [6.45, 7) is 12.4. The van der Waals surface area contributed by atoms with E-state index in [0.29, 0.717) is 17.8 Å². The Morgan fingerprint density at radius 3 is 2.67 bits per heavy atom. The molecule has 6 heteroatoms. The Morgan fingerprint density at radius 1 is 1.33 bits per heavy atom. The van der Waals surface area contributed by atoms with Crippen LogP contribution in [0.3, 0.4) is 0 Å². The van der Waals surface area contributed by atoms with Crippen LogP contribution in [0, 0.1) is 17.8 Å². The van der Waals surface area contributed by atoms with Crippen LogP contribution in [0.25, 0.3) is 0 Å². The Bertz CT molecular complexity index is 599. The van der Waals surface area contributed by atoms with E-state index in [1.54, 1.807) is 0 Å². The highest BCUT2D eigenvalue weighted by atomic mass is 79.9. The van der Waals surface area contributed by atoms with Crippen LogP contribution in [0.2, 0.25) is 0 Å². The van der Waals surface area contributed by atoms with Gasteiger partial charge in [-0.3, -0.25) is 0 Å². The van der Waals surface area contributed by atoms with Crippen molar-refractivity contribution in [2.75, 3.05) is 0 Å². The molecule has 3 rings (SSSR count). The molecule has 3 aliphatic rings. The van der Waals surface area contributed by atoms with E-state index < -0.39 is 17.5 Å². The minimum absolute atomic E-state index is 0.0437. The van der Waals surface area contributed by atoms with Crippen LogP contribution in [0.4, 0.5) is 4.79 Å². The number of ether oxygens (including phenoxy) is 3. The number of halogens is 1. The van der Waals surface area contributed by atoms with Crippen molar-refractivity contribution < 1.29 is 19.0 Å². The molecule has 1 N–H and O–H groups in total. The minimum Gasteiger partial charge on any atom is -0.444 e. The van der Waals surface area contributed by atoms with Gasteiger partial charge in [0.25, 0.3) is 0 Å². The summed E-state index contributed by atoms with van der Waals surface area (Å²) in [5.41, 5.74) is -0.538. The Kier molecular flexibility index (Phi) is 6.01. The van der Waals surface area contributed by atoms with Gasteiger partial charge in [-0.25, -0.2) is 4.79 Å². The number of amides is 1. The van der Waals surface area contributed by atoms with Gasteiger partial charge in [0, 0.05) is 16.8 Å². The summed E-state index contributed by atoms with van der Waals surface area (Å²) in [6, 6.07) is -0.289. The van der Waals surface area contributed by atoms with Crippen LogP contribution in [0.5, 0.6) is 0 Å². The fourth-order valence-corrected chi connectivity index (χ4v) is 5.32. The molecule has 1 saturated carbocycles. The highest BCUT2D eigenvalue weighted by Crippen LogP contribution is 2.51. The average Bonchev–Trinajstić information content (AvgIpc) is 2.86. The standard InChI is InChI=1S/C21H34BrNO4/c1-12(2)14-8-7-13(3)11-21(14)25-16-10-9-15(22)17(18(16)26-21)23-19(24)27-20(4,5)6/h9,12-14,16-18H,7-8,10-11H2,1-6H3,(H,23,24)/t13-,14+,16+,17+,18+,21+/m1/s1. The molecule has 5 nitrogen and oxygen atoms in total. The van der Waals surface area contributed by atoms with Crippen molar-refractivity contribution in [3.05, 3.63) is 10.6 Å². The van der Waals surface area contributed by atoms with E-state index in [1.165, 1.54) is 6.42 Å². The molecule has 1 amide bonds. The summed E-state index contributed by atoms with van der Waals surface area (Å²) in [7, 11) is 0. The number of hydrogen-bond acceptors (Lipinski definition) is 4. The molecule has 1 heterocycles. The first-order valence-electron chi connectivity index (χ1n) is 10.2. The van der Waals surface area contributed by atoms with Gasteiger partial charge in [-0.05, 0) is 45.4 Å². The van der Waals surface area contributed by atoms with Gasteiger partial charge in [0.2, 0.25) is 0 Å². The van der Waals surface area contributed by atoms with E-state index in [4.69, 9.17) is 14.2 Å². The fraction of sp³-hybridized carbons (Fsp3) is 0.857. The van der Waals surface area contributed by atoms with Crippen LogP contribution < -0.4 is 5.32 Å². The van der Waals surface area contributed by atoms with Crippen molar-refractivity contribution >= 4 is 22.0 Å². The highest BCUT2D eigenvalue weighted by Gasteiger charge is 2.57. The Labute approximate surface area is 171 Å². The number of alkyl carbamates (subject to hydrolysis) is 1. The average molecular weight is 444 g/mol. The van der Waals surface area contributed by atoms with E-state index in [1.807, 2.05) is 20.8 Å². The lowest BCUT2D eigenvalue weighted by Crippen LogP contribution is -2.51. The van der Waals surface area contributed by atoms with E-state index in [0.717, 1.165) is 23.7 Å². The van der Waals surface area contributed by atoms with Gasteiger partial charge in [-0.1, -0.05) is 49.2 Å². The van der Waals surface area contributed by atoms with Crippen LogP contribution >= 0.6 is 15.9 Å². The molecule has 0 bridgehead atoms. The van der Waals surface area contributed by atoms with E-state index in [9.17, 15) is 4.79 Å². The second-order valence-electron chi connectivity index (χ2n) is 9.74. The molecule has 0 unspecified atom stereocenters. The summed E-state index contributed by atoms with van der Waals surface area (Å²) >= 11 is 3.62. The monoisotopic (exact) mass is 443 g/mol. The number of rotatable bonds is 2. The molecule has 0 aromatic carbocycles. The van der Waals surface area contributed by atoms with Crippen LogP contribution in [0.1, 0.15) is 67.2 Å². The first kappa shape index (κ1) is 21.1. The lowest BCUT2D eigenvalue weighted by atomic mass is 9.73. The number of fused-ring (bicyclic) bond motifs is 1. The van der Waals surface area contributed by atoms with Gasteiger partial charge in [0.05, 0.1) is 12.1 Å². The topological polar surface area (TPSA) is 56.8 Å². The van der Waals surface area contributed by atoms with Crippen molar-refractivity contribution in [3.63, 3.8) is 0 Å². The van der Waals surface area contributed by atoms with Gasteiger partial charge >= 0.3 is 6.09 Å². The van der Waals surface area contributed by atoms with Gasteiger partial charge in [0.15, 0.2) is 5.79 Å². The van der Waals surface area contributed by atoms with Gasteiger partial charge in [-0.15, -0.1) is 0 Å². The highest BCUT2D eigenvalue weighted by molar-refractivity contribution is 9.11. The minimum atomic E-state index is -0.541. The molecule has 2 aliphatic carbocycles. The number of carbonyl (C=O) groups is 1. The largest absolute Gasteiger partial charge is 0.444 e. The summed E-state index contributed by atoms with van der Waals surface area (Å²) < 4.78 is 19.7. The van der Waals surface area contributed by atoms with Crippen molar-refractivity contribution in [3.8, 4) is 0 Å². The SMILES string of the molecule is CC(C)[C@@H]1CC[C@@H](C)C[C@]12O[C@H]1[C@H](CC=C(Br)[C@@H]1NC(=O)OC(C)(C)C)O2. The van der Waals surface area contributed by atoms with Crippen molar-refractivity contribution in [2.24, 2.45) is 17.8 Å². The number of hydrogen-bond donors (Lipinski definition) is 1. The van der Waals surface area contributed by atoms with Crippen LogP contribution in [0.15, 0.2) is 10.6 Å². The maximum absolute atomic E-state index is 12.4. The summed E-state index contributed by atoms with van der Waals surface area (Å²) in [6.07, 6.45) is 5.45. The predicted molar refractivity (Wildman–Crippen MR) is 109 cm³/mol. The smallest absolute Gasteiger partial charge is 0.408 e. The Hall–Kier alpha value is -0.590. The lowest BCUT2D eigenvalue weighted by molar-refractivity contribution is -0.244. The molecule has 154 valence electrons. The first-order valence-corrected chi connectivity index (χ1v) is 11.0. The molecule has 0 aromatic rings. The molecule has 27 heavy (non-hydrogen) atoms. The van der Waals surface area contributed by atoms with Gasteiger partial charge < -0.3 is 19.5 Å². The molecule has 0 aromatic heterocycles. The summed E-state index contributed by atoms with van der Waals surface area (Å²) in [4.78, 5) is 12.4. The van der Waals surface area contributed by atoms with Gasteiger partial charge in [0.1, 0.15) is 11.7 Å². The molecule has 1 saturated heterocycles. The van der Waals surface area contributed by atoms with E-state index in [2.05, 4.69) is 48.1 Å². The Balaban J connectivity index is 1.79. The molecule has 2 fully saturated rings. The second kappa shape index (κ2) is 7.68. The van der Waals surface area contributed by atoms with Gasteiger partial charge in [-0.2, -0.15) is 0 Å². The predicted octanol–water partition coefficient (Wildman–Crippen LogP) is 5.13. The number of nitrogens with one attached hydrogen (secondary N) is 1. The normalized spacial score (nSPS) is 39.3. The van der Waals surface area contributed by atoms with Crippen molar-refractivity contribution in [1.29, 1.82) is 0 Å². The second-order valence-corrected chi connectivity index (χ2v) is 10.7. The number of carbonyl (C=O) groups excluding carboxylic acids is 1. The summed E-state index contributed by atoms with van der Waals surface area (Å²) in [5.74, 6) is 0.904. The van der Waals surface area contributed by atoms with Crippen LogP contribution in [-0.4, -0.2) is 35.7 Å². The maximum atomic E-state index is 12.4. The molecular weight excluding hydrogens is 410 g/mol. The molecule has 1 aliphatic heterocycles. The zero-order chi connectivity index (χ0) is 20.0. The van der Waals surface area contributed by atoms with Crippen LogP contribution in [-0.2, 0) is 14.2 Å². The zero-order valence-electron chi connectivity index (χ0n) is 17.4. The first-order chi connectivity index (χ1) is 12.5. The fourth-order valence-electron chi connectivity index (χ4n) is 4.76. The quantitative estimate of drug-likeness (QED) is 0.641. The molecule has 0 radical (unpaired) electrons. The molecule has 6 atom stereocenters. The third kappa shape index (κ3) is 4.54. The van der Waals surface area contributed by atoms with Crippen molar-refractivity contribution in [1.82, 2.24) is 5.32 Å².